The summed E-state index contributed by atoms with van der Waals surface area (Å²) in [6.45, 7) is 16.2. The molecule has 0 heterocycles. The SMILES string of the molecule is CCc1ccccc1N=C(C)N(C1C=CC=CC1CC)P(C(C)C)C(C)C. The first-order valence-electron chi connectivity index (χ1n) is 10.5. The molecule has 0 N–H and O–H groups in total. The monoisotopic (exact) mass is 384 g/mol. The quantitative estimate of drug-likeness (QED) is 0.273. The number of hydrogen-bond acceptors (Lipinski definition) is 1. The molecule has 0 saturated carbocycles. The van der Waals surface area contributed by atoms with Crippen LogP contribution in [0.15, 0.2) is 53.6 Å². The number of aliphatic imine (C=N–C) groups is 1. The molecule has 1 aliphatic carbocycles. The molecule has 0 spiro atoms. The average molecular weight is 385 g/mol. The van der Waals surface area contributed by atoms with Crippen LogP contribution in [-0.2, 0) is 6.42 Å². The van der Waals surface area contributed by atoms with Crippen molar-refractivity contribution in [3.05, 3.63) is 54.1 Å². The third kappa shape index (κ3) is 5.32. The Morgan fingerprint density at radius 1 is 1.04 bits per heavy atom. The topological polar surface area (TPSA) is 15.6 Å². The van der Waals surface area contributed by atoms with E-state index in [1.54, 1.807) is 0 Å². The minimum absolute atomic E-state index is 0.329. The van der Waals surface area contributed by atoms with Gasteiger partial charge in [0, 0.05) is 5.92 Å². The summed E-state index contributed by atoms with van der Waals surface area (Å²) in [5.41, 5.74) is 3.70. The maximum atomic E-state index is 5.16. The first-order chi connectivity index (χ1) is 12.9. The lowest BCUT2D eigenvalue weighted by atomic mass is 9.92. The number of rotatable bonds is 7. The van der Waals surface area contributed by atoms with Crippen molar-refractivity contribution in [3.63, 3.8) is 0 Å². The first kappa shape index (κ1) is 21.9. The van der Waals surface area contributed by atoms with Gasteiger partial charge in [0.2, 0.25) is 0 Å². The molecular weight excluding hydrogens is 347 g/mol. The molecule has 1 aromatic carbocycles. The number of aryl methyl sites for hydroxylation is 1. The van der Waals surface area contributed by atoms with E-state index < -0.39 is 0 Å². The van der Waals surface area contributed by atoms with Crippen molar-refractivity contribution in [2.75, 3.05) is 0 Å². The molecule has 0 aromatic heterocycles. The summed E-state index contributed by atoms with van der Waals surface area (Å²) in [6.07, 6.45) is 11.3. The summed E-state index contributed by atoms with van der Waals surface area (Å²) in [4.78, 5) is 5.16. The van der Waals surface area contributed by atoms with Gasteiger partial charge in [0.05, 0.1) is 11.7 Å². The Bertz CT molecular complexity index is 679. The van der Waals surface area contributed by atoms with E-state index in [9.17, 15) is 0 Å². The Labute approximate surface area is 168 Å². The zero-order valence-electron chi connectivity index (χ0n) is 18.2. The van der Waals surface area contributed by atoms with Crippen LogP contribution in [-0.4, -0.2) is 27.9 Å². The standard InChI is InChI=1S/C24H37N2P/c1-8-21-14-10-12-16-23(21)25-20(7)26(27(18(3)4)19(5)6)24-17-13-11-15-22(24)9-2/h10-19,22,24H,8-9H2,1-7H3. The second-order valence-corrected chi connectivity index (χ2v) is 11.1. The fourth-order valence-electron chi connectivity index (χ4n) is 4.06. The van der Waals surface area contributed by atoms with Crippen LogP contribution in [0.3, 0.4) is 0 Å². The van der Waals surface area contributed by atoms with Crippen LogP contribution < -0.4 is 0 Å². The molecule has 2 atom stereocenters. The van der Waals surface area contributed by atoms with Crippen molar-refractivity contribution in [1.29, 1.82) is 0 Å². The molecule has 0 bridgehead atoms. The second kappa shape index (κ2) is 10.2. The third-order valence-corrected chi connectivity index (χ3v) is 8.43. The number of benzene rings is 1. The number of amidine groups is 1. The van der Waals surface area contributed by atoms with Crippen molar-refractivity contribution >= 4 is 19.6 Å². The van der Waals surface area contributed by atoms with Crippen LogP contribution in [0.1, 0.15) is 60.5 Å². The summed E-state index contributed by atoms with van der Waals surface area (Å²) in [5, 5.41) is 0. The molecule has 0 fully saturated rings. The zero-order valence-corrected chi connectivity index (χ0v) is 19.1. The summed E-state index contributed by atoms with van der Waals surface area (Å²) >= 11 is 0. The van der Waals surface area contributed by atoms with E-state index in [4.69, 9.17) is 4.99 Å². The van der Waals surface area contributed by atoms with Gasteiger partial charge in [-0.1, -0.05) is 84.0 Å². The molecule has 0 saturated heterocycles. The van der Waals surface area contributed by atoms with Crippen LogP contribution in [0.4, 0.5) is 5.69 Å². The Kier molecular flexibility index (Phi) is 8.29. The molecule has 3 heteroatoms. The van der Waals surface area contributed by atoms with Crippen LogP contribution >= 0.6 is 8.07 Å². The highest BCUT2D eigenvalue weighted by molar-refractivity contribution is 7.57. The predicted molar refractivity (Wildman–Crippen MR) is 123 cm³/mol. The van der Waals surface area contributed by atoms with Crippen LogP contribution in [0.2, 0.25) is 0 Å². The first-order valence-corrected chi connectivity index (χ1v) is 11.9. The van der Waals surface area contributed by atoms with Gasteiger partial charge in [-0.2, -0.15) is 0 Å². The van der Waals surface area contributed by atoms with Crippen LogP contribution in [0, 0.1) is 5.92 Å². The van der Waals surface area contributed by atoms with Crippen molar-refractivity contribution in [1.82, 2.24) is 4.67 Å². The van der Waals surface area contributed by atoms with Gasteiger partial charge in [0.15, 0.2) is 0 Å². The Balaban J connectivity index is 2.52. The van der Waals surface area contributed by atoms with Gasteiger partial charge in [-0.15, -0.1) is 0 Å². The van der Waals surface area contributed by atoms with E-state index in [-0.39, 0.29) is 8.07 Å². The third-order valence-electron chi connectivity index (χ3n) is 5.26. The fraction of sp³-hybridized carbons (Fsp3) is 0.542. The van der Waals surface area contributed by atoms with Crippen LogP contribution in [0.25, 0.3) is 0 Å². The van der Waals surface area contributed by atoms with Crippen molar-refractivity contribution in [2.24, 2.45) is 10.9 Å². The molecule has 2 nitrogen and oxygen atoms in total. The van der Waals surface area contributed by atoms with E-state index in [1.807, 2.05) is 0 Å². The number of nitrogens with zero attached hydrogens (tertiary/aromatic N) is 2. The zero-order chi connectivity index (χ0) is 20.0. The van der Waals surface area contributed by atoms with Crippen LogP contribution in [0.5, 0.6) is 0 Å². The van der Waals surface area contributed by atoms with Gasteiger partial charge in [0.1, 0.15) is 5.84 Å². The smallest absolute Gasteiger partial charge is 0.105 e. The van der Waals surface area contributed by atoms with Gasteiger partial charge in [0.25, 0.3) is 0 Å². The highest BCUT2D eigenvalue weighted by Gasteiger charge is 2.34. The summed E-state index contributed by atoms with van der Waals surface area (Å²) in [5.74, 6) is 1.71. The van der Waals surface area contributed by atoms with Gasteiger partial charge in [-0.25, -0.2) is 4.99 Å². The van der Waals surface area contributed by atoms with Gasteiger partial charge >= 0.3 is 0 Å². The average Bonchev–Trinajstić information content (AvgIpc) is 2.65. The molecule has 2 rings (SSSR count). The van der Waals surface area contributed by atoms with E-state index >= 15 is 0 Å². The van der Waals surface area contributed by atoms with Crippen molar-refractivity contribution in [3.8, 4) is 0 Å². The van der Waals surface area contributed by atoms with E-state index in [1.165, 1.54) is 5.56 Å². The maximum Gasteiger partial charge on any atom is 0.105 e. The number of para-hydroxylation sites is 1. The van der Waals surface area contributed by atoms with E-state index in [2.05, 4.69) is 102 Å². The lowest BCUT2D eigenvalue weighted by molar-refractivity contribution is 0.409. The minimum Gasteiger partial charge on any atom is -0.331 e. The van der Waals surface area contributed by atoms with Crippen molar-refractivity contribution in [2.45, 2.75) is 78.7 Å². The van der Waals surface area contributed by atoms with Gasteiger partial charge in [-0.05, 0) is 50.8 Å². The fourth-order valence-corrected chi connectivity index (χ4v) is 7.18. The van der Waals surface area contributed by atoms with Gasteiger partial charge < -0.3 is 4.67 Å². The molecule has 27 heavy (non-hydrogen) atoms. The molecule has 0 aliphatic heterocycles. The molecule has 2 unspecified atom stereocenters. The van der Waals surface area contributed by atoms with Crippen molar-refractivity contribution < 1.29 is 0 Å². The van der Waals surface area contributed by atoms with E-state index in [0.29, 0.717) is 23.3 Å². The highest BCUT2D eigenvalue weighted by atomic mass is 31.1. The Morgan fingerprint density at radius 2 is 1.67 bits per heavy atom. The molecule has 0 amide bonds. The molecule has 148 valence electrons. The largest absolute Gasteiger partial charge is 0.331 e. The molecule has 1 aromatic rings. The number of allylic oxidation sites excluding steroid dienone is 2. The predicted octanol–water partition coefficient (Wildman–Crippen LogP) is 7.34. The highest BCUT2D eigenvalue weighted by Crippen LogP contribution is 2.52. The summed E-state index contributed by atoms with van der Waals surface area (Å²) < 4.78 is 2.67. The lowest BCUT2D eigenvalue weighted by Crippen LogP contribution is -2.41. The Hall–Kier alpha value is -1.40. The van der Waals surface area contributed by atoms with Gasteiger partial charge in [-0.3, -0.25) is 0 Å². The molecule has 1 aliphatic rings. The summed E-state index contributed by atoms with van der Waals surface area (Å²) in [7, 11) is -0.329. The minimum atomic E-state index is -0.329. The normalized spacial score (nSPS) is 20.1. The summed E-state index contributed by atoms with van der Waals surface area (Å²) in [6, 6.07) is 8.96. The van der Waals surface area contributed by atoms with E-state index in [0.717, 1.165) is 24.4 Å². The lowest BCUT2D eigenvalue weighted by Gasteiger charge is -2.45. The number of hydrogen-bond donors (Lipinski definition) is 0. The Morgan fingerprint density at radius 3 is 2.26 bits per heavy atom. The second-order valence-electron chi connectivity index (χ2n) is 7.89. The molecular formula is C24H37N2P. The maximum absolute atomic E-state index is 5.16. The molecule has 0 radical (unpaired) electrons.